The first-order valence-corrected chi connectivity index (χ1v) is 14.1. The number of para-hydroxylation sites is 2. The monoisotopic (exact) mass is 552 g/mol. The van der Waals surface area contributed by atoms with Gasteiger partial charge in [0.2, 0.25) is 0 Å². The second kappa shape index (κ2) is 10.6. The van der Waals surface area contributed by atoms with Crippen molar-refractivity contribution in [1.82, 2.24) is 9.88 Å². The highest BCUT2D eigenvalue weighted by Gasteiger charge is 2.36. The van der Waals surface area contributed by atoms with Gasteiger partial charge in [0, 0.05) is 47.7 Å². The summed E-state index contributed by atoms with van der Waals surface area (Å²) in [7, 11) is 0. The molecule has 206 valence electrons. The van der Waals surface area contributed by atoms with Crippen LogP contribution in [0.5, 0.6) is 0 Å². The highest BCUT2D eigenvalue weighted by atomic mass is 16.2. The Balaban J connectivity index is 1.23. The van der Waals surface area contributed by atoms with Gasteiger partial charge in [0.25, 0.3) is 17.7 Å². The van der Waals surface area contributed by atoms with Crippen molar-refractivity contribution in [3.63, 3.8) is 0 Å². The number of hydrogen-bond donors (Lipinski definition) is 1. The van der Waals surface area contributed by atoms with Crippen molar-refractivity contribution in [1.29, 1.82) is 0 Å². The maximum atomic E-state index is 14.3. The maximum absolute atomic E-state index is 14.3. The van der Waals surface area contributed by atoms with Gasteiger partial charge >= 0.3 is 0 Å². The second-order valence-electron chi connectivity index (χ2n) is 10.6. The molecule has 1 N–H and O–H groups in total. The summed E-state index contributed by atoms with van der Waals surface area (Å²) in [6.07, 6.45) is 2.83. The molecular weight excluding hydrogens is 524 g/mol. The van der Waals surface area contributed by atoms with Gasteiger partial charge in [0.05, 0.1) is 22.5 Å². The third-order valence-corrected chi connectivity index (χ3v) is 8.06. The Kier molecular flexibility index (Phi) is 6.47. The minimum atomic E-state index is -0.661. The molecule has 7 heteroatoms. The highest BCUT2D eigenvalue weighted by molar-refractivity contribution is 6.21. The van der Waals surface area contributed by atoms with E-state index in [-0.39, 0.29) is 24.3 Å². The molecule has 7 rings (SSSR count). The lowest BCUT2D eigenvalue weighted by Crippen LogP contribution is -2.41. The Hall–Kier alpha value is -5.30. The number of fused-ring (bicyclic) bond motifs is 3. The molecule has 1 aromatic heterocycles. The van der Waals surface area contributed by atoms with Crippen LogP contribution in [0.3, 0.4) is 0 Å². The summed E-state index contributed by atoms with van der Waals surface area (Å²) in [5.74, 6) is -0.684. The lowest BCUT2D eigenvalue weighted by molar-refractivity contribution is -0.119. The zero-order valence-electron chi connectivity index (χ0n) is 22.9. The van der Waals surface area contributed by atoms with E-state index in [0.29, 0.717) is 30.5 Å². The summed E-state index contributed by atoms with van der Waals surface area (Å²) in [4.78, 5) is 51.8. The standard InChI is InChI=1S/C35H28N4O3/c40-33-26-14-4-5-15-27(26)34(41)39(33)20-10-19-38-31-18-9-7-16-28(31)32(23-11-2-1-3-12-23)37-30(35(38)42)21-24-22-36-29-17-8-6-13-25(24)29/h1-9,11-18,22,30,36H,10,19-21H2. The fourth-order valence-electron chi connectivity index (χ4n) is 6.02. The molecule has 7 nitrogen and oxygen atoms in total. The van der Waals surface area contributed by atoms with Crippen molar-refractivity contribution < 1.29 is 14.4 Å². The van der Waals surface area contributed by atoms with Gasteiger partial charge in [-0.3, -0.25) is 24.3 Å². The number of imide groups is 1. The molecule has 3 amide bonds. The third-order valence-electron chi connectivity index (χ3n) is 8.06. The molecule has 0 radical (unpaired) electrons. The van der Waals surface area contributed by atoms with Crippen molar-refractivity contribution in [3.8, 4) is 0 Å². The molecule has 2 aliphatic heterocycles. The Morgan fingerprint density at radius 3 is 2.05 bits per heavy atom. The topological polar surface area (TPSA) is 85.8 Å². The van der Waals surface area contributed by atoms with E-state index in [4.69, 9.17) is 4.99 Å². The van der Waals surface area contributed by atoms with E-state index in [1.54, 1.807) is 29.2 Å². The first-order valence-electron chi connectivity index (χ1n) is 14.1. The Labute approximate surface area is 243 Å². The molecule has 0 spiro atoms. The molecule has 4 aromatic carbocycles. The number of benzene rings is 4. The average Bonchev–Trinajstić information content (AvgIpc) is 3.51. The molecule has 42 heavy (non-hydrogen) atoms. The Bertz CT molecular complexity index is 1840. The van der Waals surface area contributed by atoms with E-state index in [2.05, 4.69) is 11.1 Å². The van der Waals surface area contributed by atoms with E-state index in [9.17, 15) is 14.4 Å². The van der Waals surface area contributed by atoms with Crippen molar-refractivity contribution in [2.75, 3.05) is 18.0 Å². The van der Waals surface area contributed by atoms with Crippen LogP contribution in [0.1, 0.15) is 43.8 Å². The van der Waals surface area contributed by atoms with Crippen LogP contribution in [-0.2, 0) is 11.2 Å². The van der Waals surface area contributed by atoms with Crippen LogP contribution in [0.25, 0.3) is 10.9 Å². The lowest BCUT2D eigenvalue weighted by Gasteiger charge is -2.26. The number of anilines is 1. The number of nitrogens with one attached hydrogen (secondary N) is 1. The zero-order chi connectivity index (χ0) is 28.6. The smallest absolute Gasteiger partial charge is 0.261 e. The predicted octanol–water partition coefficient (Wildman–Crippen LogP) is 5.65. The number of benzodiazepines with no additional fused rings is 1. The van der Waals surface area contributed by atoms with E-state index in [1.165, 1.54) is 4.90 Å². The van der Waals surface area contributed by atoms with E-state index in [0.717, 1.165) is 39.0 Å². The fourth-order valence-corrected chi connectivity index (χ4v) is 6.02. The summed E-state index contributed by atoms with van der Waals surface area (Å²) >= 11 is 0. The summed E-state index contributed by atoms with van der Waals surface area (Å²) in [6, 6.07) is 32.1. The predicted molar refractivity (Wildman–Crippen MR) is 163 cm³/mol. The summed E-state index contributed by atoms with van der Waals surface area (Å²) in [6.45, 7) is 0.559. The zero-order valence-corrected chi connectivity index (χ0v) is 22.9. The van der Waals surface area contributed by atoms with Gasteiger partial charge in [-0.2, -0.15) is 0 Å². The van der Waals surface area contributed by atoms with Gasteiger partial charge in [-0.25, -0.2) is 0 Å². The number of hydrogen-bond acceptors (Lipinski definition) is 4. The second-order valence-corrected chi connectivity index (χ2v) is 10.6. The highest BCUT2D eigenvalue weighted by Crippen LogP contribution is 2.31. The molecule has 0 fully saturated rings. The summed E-state index contributed by atoms with van der Waals surface area (Å²) in [5, 5.41) is 1.07. The van der Waals surface area contributed by atoms with Gasteiger partial charge in [0.15, 0.2) is 0 Å². The molecule has 1 atom stereocenters. The first-order chi connectivity index (χ1) is 20.6. The Morgan fingerprint density at radius 1 is 0.667 bits per heavy atom. The molecule has 0 bridgehead atoms. The van der Waals surface area contributed by atoms with E-state index in [1.807, 2.05) is 79.0 Å². The number of nitrogens with zero attached hydrogens (tertiary/aromatic N) is 3. The molecular formula is C35H28N4O3. The van der Waals surface area contributed by atoms with Gasteiger partial charge in [-0.15, -0.1) is 0 Å². The SMILES string of the molecule is O=C1c2ccccc2C(=O)N1CCCN1C(=O)C(Cc2c[nH]c3ccccc23)N=C(c2ccccc2)c2ccccc21. The van der Waals surface area contributed by atoms with Crippen molar-refractivity contribution in [2.24, 2.45) is 4.99 Å². The van der Waals surface area contributed by atoms with Crippen LogP contribution < -0.4 is 4.90 Å². The number of aromatic nitrogens is 1. The molecule has 0 aliphatic carbocycles. The Morgan fingerprint density at radius 2 is 1.29 bits per heavy atom. The normalized spacial score (nSPS) is 16.4. The molecule has 0 saturated carbocycles. The van der Waals surface area contributed by atoms with Crippen LogP contribution in [0.4, 0.5) is 5.69 Å². The van der Waals surface area contributed by atoms with Crippen molar-refractivity contribution in [2.45, 2.75) is 18.9 Å². The van der Waals surface area contributed by atoms with Crippen molar-refractivity contribution in [3.05, 3.63) is 137 Å². The van der Waals surface area contributed by atoms with Gasteiger partial charge in [0.1, 0.15) is 6.04 Å². The third kappa shape index (κ3) is 4.39. The average molecular weight is 553 g/mol. The number of H-pyrrole nitrogens is 1. The first kappa shape index (κ1) is 25.7. The van der Waals surface area contributed by atoms with Crippen molar-refractivity contribution >= 4 is 40.0 Å². The van der Waals surface area contributed by atoms with Gasteiger partial charge in [-0.1, -0.05) is 78.9 Å². The molecule has 3 heterocycles. The minimum Gasteiger partial charge on any atom is -0.361 e. The van der Waals surface area contributed by atoms with E-state index >= 15 is 0 Å². The summed E-state index contributed by atoms with van der Waals surface area (Å²) in [5.41, 5.74) is 6.26. The van der Waals surface area contributed by atoms with Gasteiger partial charge < -0.3 is 9.88 Å². The quantitative estimate of drug-likeness (QED) is 0.265. The van der Waals surface area contributed by atoms with Crippen LogP contribution in [0.2, 0.25) is 0 Å². The van der Waals surface area contributed by atoms with Crippen LogP contribution in [0, 0.1) is 0 Å². The van der Waals surface area contributed by atoms with E-state index < -0.39 is 6.04 Å². The number of aliphatic imine (C=N–C) groups is 1. The number of rotatable bonds is 7. The number of aromatic amines is 1. The number of carbonyl (C=O) groups excluding carboxylic acids is 3. The van der Waals surface area contributed by atoms with Crippen LogP contribution in [-0.4, -0.2) is 52.4 Å². The largest absolute Gasteiger partial charge is 0.361 e. The molecule has 1 unspecified atom stereocenters. The van der Waals surface area contributed by atoms with Crippen LogP contribution in [0.15, 0.2) is 114 Å². The number of carbonyl (C=O) groups is 3. The lowest BCUT2D eigenvalue weighted by atomic mass is 10.00. The maximum Gasteiger partial charge on any atom is 0.261 e. The minimum absolute atomic E-state index is 0.110. The fraction of sp³-hybridized carbons (Fsp3) is 0.143. The molecule has 0 saturated heterocycles. The molecule has 5 aromatic rings. The van der Waals surface area contributed by atoms with Crippen LogP contribution >= 0.6 is 0 Å². The van der Waals surface area contributed by atoms with Gasteiger partial charge in [-0.05, 0) is 36.2 Å². The molecule has 2 aliphatic rings. The summed E-state index contributed by atoms with van der Waals surface area (Å²) < 4.78 is 0. The number of amides is 3.